The second kappa shape index (κ2) is 5.63. The molecule has 0 aliphatic carbocycles. The molecule has 0 aromatic rings. The van der Waals surface area contributed by atoms with E-state index in [2.05, 4.69) is 14.8 Å². The fraction of sp³-hybridized carbons (Fsp3) is 0.556. The zero-order chi connectivity index (χ0) is 12.0. The summed E-state index contributed by atoms with van der Waals surface area (Å²) in [5.74, 6) is -0.717. The minimum absolute atomic E-state index is 0.0642. The van der Waals surface area contributed by atoms with Gasteiger partial charge in [-0.2, -0.15) is 5.26 Å². The van der Waals surface area contributed by atoms with Crippen molar-refractivity contribution < 1.29 is 9.53 Å². The maximum Gasteiger partial charge on any atom is 0.350 e. The van der Waals surface area contributed by atoms with E-state index >= 15 is 0 Å². The van der Waals surface area contributed by atoms with Crippen molar-refractivity contribution in [1.82, 2.24) is 4.90 Å². The van der Waals surface area contributed by atoms with Crippen LogP contribution in [0, 0.1) is 11.3 Å². The Hall–Kier alpha value is -2.19. The highest BCUT2D eigenvalue weighted by molar-refractivity contribution is 5.93. The third kappa shape index (κ3) is 2.43. The van der Waals surface area contributed by atoms with Gasteiger partial charge >= 0.3 is 5.97 Å². The van der Waals surface area contributed by atoms with E-state index in [0.717, 1.165) is 12.8 Å². The fourth-order valence-electron chi connectivity index (χ4n) is 1.53. The number of methoxy groups -OCH3 is 1. The molecule has 1 fully saturated rings. The zero-order valence-corrected chi connectivity index (χ0v) is 8.88. The Morgan fingerprint density at radius 2 is 2.19 bits per heavy atom. The predicted molar refractivity (Wildman–Crippen MR) is 54.6 cm³/mol. The van der Waals surface area contributed by atoms with Crippen LogP contribution in [-0.2, 0) is 9.53 Å². The normalized spacial score (nSPS) is 15.9. The molecule has 84 valence electrons. The van der Waals surface area contributed by atoms with Gasteiger partial charge in [-0.3, -0.25) is 0 Å². The maximum absolute atomic E-state index is 11.3. The van der Waals surface area contributed by atoms with Crippen molar-refractivity contribution in [3.05, 3.63) is 21.8 Å². The third-order valence-electron chi connectivity index (χ3n) is 2.27. The molecular formula is C9H11N5O2. The van der Waals surface area contributed by atoms with E-state index in [4.69, 9.17) is 10.8 Å². The molecule has 0 bridgehead atoms. The topological polar surface area (TPSA) is 102 Å². The van der Waals surface area contributed by atoms with E-state index in [1.807, 2.05) is 0 Å². The van der Waals surface area contributed by atoms with Crippen molar-refractivity contribution in [3.8, 4) is 6.07 Å². The average Bonchev–Trinajstić information content (AvgIpc) is 2.81. The number of likely N-dealkylation sites (tertiary alicyclic amines) is 1. The van der Waals surface area contributed by atoms with Gasteiger partial charge in [0.1, 0.15) is 11.9 Å². The van der Waals surface area contributed by atoms with Crippen LogP contribution in [0.2, 0.25) is 0 Å². The fourth-order valence-corrected chi connectivity index (χ4v) is 1.53. The third-order valence-corrected chi connectivity index (χ3v) is 2.27. The van der Waals surface area contributed by atoms with Crippen LogP contribution < -0.4 is 0 Å². The van der Waals surface area contributed by atoms with Gasteiger partial charge in [0.2, 0.25) is 0 Å². The molecule has 1 saturated heterocycles. The van der Waals surface area contributed by atoms with Gasteiger partial charge in [0.25, 0.3) is 0 Å². The van der Waals surface area contributed by atoms with Crippen LogP contribution in [0.5, 0.6) is 0 Å². The Kier molecular flexibility index (Phi) is 4.18. The first-order valence-electron chi connectivity index (χ1n) is 4.77. The molecule has 0 radical (unpaired) electrons. The van der Waals surface area contributed by atoms with Crippen molar-refractivity contribution in [1.29, 1.82) is 5.26 Å². The lowest BCUT2D eigenvalue weighted by Crippen LogP contribution is -2.21. The van der Waals surface area contributed by atoms with Gasteiger partial charge in [-0.25, -0.2) is 4.79 Å². The van der Waals surface area contributed by atoms with Crippen LogP contribution in [0.15, 0.2) is 16.5 Å². The monoisotopic (exact) mass is 221 g/mol. The summed E-state index contributed by atoms with van der Waals surface area (Å²) in [7, 11) is 1.18. The van der Waals surface area contributed by atoms with Gasteiger partial charge in [0.05, 0.1) is 7.11 Å². The summed E-state index contributed by atoms with van der Waals surface area (Å²) in [6, 6.07) is 1.71. The van der Waals surface area contributed by atoms with Gasteiger partial charge in [-0.15, -0.1) is 0 Å². The van der Waals surface area contributed by atoms with Crippen LogP contribution in [-0.4, -0.2) is 31.1 Å². The molecule has 1 rings (SSSR count). The molecule has 0 aromatic heterocycles. The highest BCUT2D eigenvalue weighted by Crippen LogP contribution is 2.19. The van der Waals surface area contributed by atoms with Crippen molar-refractivity contribution in [3.63, 3.8) is 0 Å². The molecular weight excluding hydrogens is 210 g/mol. The van der Waals surface area contributed by atoms with E-state index in [9.17, 15) is 4.79 Å². The number of hydrogen-bond acceptors (Lipinski definition) is 5. The van der Waals surface area contributed by atoms with Crippen molar-refractivity contribution >= 4 is 5.97 Å². The number of rotatable bonds is 3. The SMILES string of the molecule is COC(=O)/C(C#N)=C(/N=[N+]=[N-])N1CCCC1. The Bertz CT molecular complexity index is 397. The van der Waals surface area contributed by atoms with Gasteiger partial charge in [0.15, 0.2) is 5.57 Å². The molecule has 0 amide bonds. The lowest BCUT2D eigenvalue weighted by Gasteiger charge is -2.17. The summed E-state index contributed by atoms with van der Waals surface area (Å²) >= 11 is 0. The van der Waals surface area contributed by atoms with Gasteiger partial charge in [-0.1, -0.05) is 0 Å². The Morgan fingerprint density at radius 1 is 1.56 bits per heavy atom. The molecule has 7 nitrogen and oxygen atoms in total. The van der Waals surface area contributed by atoms with Gasteiger partial charge in [-0.05, 0) is 23.5 Å². The molecule has 0 atom stereocenters. The smallest absolute Gasteiger partial charge is 0.350 e. The van der Waals surface area contributed by atoms with Gasteiger partial charge < -0.3 is 9.64 Å². The van der Waals surface area contributed by atoms with Crippen LogP contribution in [0.4, 0.5) is 0 Å². The van der Waals surface area contributed by atoms with Crippen LogP contribution in [0.1, 0.15) is 12.8 Å². The number of carbonyl (C=O) groups excluding carboxylic acids is 1. The summed E-state index contributed by atoms with van der Waals surface area (Å²) in [6.07, 6.45) is 1.90. The number of nitriles is 1. The highest BCUT2D eigenvalue weighted by Gasteiger charge is 2.22. The summed E-state index contributed by atoms with van der Waals surface area (Å²) in [6.45, 7) is 1.35. The Labute approximate surface area is 92.5 Å². The first kappa shape index (κ1) is 11.9. The number of hydrogen-bond donors (Lipinski definition) is 0. The van der Waals surface area contributed by atoms with Crippen LogP contribution in [0.25, 0.3) is 10.4 Å². The van der Waals surface area contributed by atoms with Crippen molar-refractivity contribution in [2.45, 2.75) is 12.8 Å². The molecule has 1 aliphatic heterocycles. The number of ether oxygens (including phenoxy) is 1. The minimum Gasteiger partial charge on any atom is -0.465 e. The molecule has 0 aromatic carbocycles. The van der Waals surface area contributed by atoms with E-state index in [0.29, 0.717) is 13.1 Å². The first-order valence-corrected chi connectivity index (χ1v) is 4.77. The van der Waals surface area contributed by atoms with Gasteiger partial charge in [0, 0.05) is 18.0 Å². The largest absolute Gasteiger partial charge is 0.465 e. The maximum atomic E-state index is 11.3. The lowest BCUT2D eigenvalue weighted by atomic mass is 10.3. The van der Waals surface area contributed by atoms with Crippen molar-refractivity contribution in [2.24, 2.45) is 5.11 Å². The summed E-state index contributed by atoms with van der Waals surface area (Å²) in [5, 5.41) is 12.3. The Morgan fingerprint density at radius 3 is 2.62 bits per heavy atom. The van der Waals surface area contributed by atoms with E-state index in [-0.39, 0.29) is 11.4 Å². The number of nitrogens with zero attached hydrogens (tertiary/aromatic N) is 5. The van der Waals surface area contributed by atoms with Crippen molar-refractivity contribution in [2.75, 3.05) is 20.2 Å². The van der Waals surface area contributed by atoms with E-state index in [1.54, 1.807) is 11.0 Å². The average molecular weight is 221 g/mol. The number of carbonyl (C=O) groups is 1. The summed E-state index contributed by atoms with van der Waals surface area (Å²) in [5.41, 5.74) is 8.18. The highest BCUT2D eigenvalue weighted by atomic mass is 16.5. The second-order valence-corrected chi connectivity index (χ2v) is 3.19. The molecule has 7 heteroatoms. The molecule has 0 spiro atoms. The summed E-state index contributed by atoms with van der Waals surface area (Å²) in [4.78, 5) is 15.7. The number of esters is 1. The predicted octanol–water partition coefficient (Wildman–Crippen LogP) is 1.30. The van der Waals surface area contributed by atoms with E-state index < -0.39 is 5.97 Å². The Balaban J connectivity index is 3.14. The first-order chi connectivity index (χ1) is 7.74. The lowest BCUT2D eigenvalue weighted by molar-refractivity contribution is -0.135. The summed E-state index contributed by atoms with van der Waals surface area (Å²) < 4.78 is 4.46. The molecule has 0 unspecified atom stereocenters. The quantitative estimate of drug-likeness (QED) is 0.179. The van der Waals surface area contributed by atoms with Crippen LogP contribution in [0.3, 0.4) is 0 Å². The molecule has 1 heterocycles. The molecule has 1 aliphatic rings. The molecule has 0 N–H and O–H groups in total. The second-order valence-electron chi connectivity index (χ2n) is 3.19. The molecule has 0 saturated carbocycles. The minimum atomic E-state index is -0.781. The zero-order valence-electron chi connectivity index (χ0n) is 8.88. The standard InChI is InChI=1S/C9H11N5O2/c1-16-9(15)7(6-10)8(12-13-11)14-4-2-3-5-14/h2-5H2,1H3/b8-7-. The molecule has 16 heavy (non-hydrogen) atoms. The van der Waals surface area contributed by atoms with E-state index in [1.165, 1.54) is 7.11 Å². The van der Waals surface area contributed by atoms with Crippen LogP contribution >= 0.6 is 0 Å². The number of azide groups is 1.